The Morgan fingerprint density at radius 1 is 1.11 bits per heavy atom. The Morgan fingerprint density at radius 3 is 2.11 bits per heavy atom. The van der Waals surface area contributed by atoms with Crippen molar-refractivity contribution in [1.29, 1.82) is 0 Å². The fourth-order valence-electron chi connectivity index (χ4n) is 1.54. The summed E-state index contributed by atoms with van der Waals surface area (Å²) in [6, 6.07) is 6.34. The third-order valence-corrected chi connectivity index (χ3v) is 2.63. The van der Waals surface area contributed by atoms with Crippen LogP contribution in [0.15, 0.2) is 24.3 Å². The maximum atomic E-state index is 11.7. The zero-order valence-electron chi connectivity index (χ0n) is 11.5. The van der Waals surface area contributed by atoms with Crippen LogP contribution >= 0.6 is 0 Å². The number of ether oxygens (including phenoxy) is 2. The second-order valence-corrected chi connectivity index (χ2v) is 4.08. The number of alkyl carbamates (subject to hydrolysis) is 1. The number of benzene rings is 1. The molecular weight excluding hydrogens is 248 g/mol. The summed E-state index contributed by atoms with van der Waals surface area (Å²) in [5, 5.41) is 2.43. The van der Waals surface area contributed by atoms with Crippen LogP contribution in [0.5, 0.6) is 0 Å². The number of amides is 1. The Labute approximate surface area is 112 Å². The van der Waals surface area contributed by atoms with Crippen LogP contribution in [0.3, 0.4) is 0 Å². The van der Waals surface area contributed by atoms with Gasteiger partial charge in [-0.2, -0.15) is 0 Å². The summed E-state index contributed by atoms with van der Waals surface area (Å²) in [5.74, 6) is -0.553. The first-order chi connectivity index (χ1) is 8.99. The van der Waals surface area contributed by atoms with E-state index in [4.69, 9.17) is 0 Å². The third-order valence-electron chi connectivity index (χ3n) is 2.63. The highest BCUT2D eigenvalue weighted by atomic mass is 16.5. The van der Waals surface area contributed by atoms with Gasteiger partial charge in [0.25, 0.3) is 0 Å². The van der Waals surface area contributed by atoms with Crippen molar-refractivity contribution >= 4 is 17.7 Å². The van der Waals surface area contributed by atoms with Gasteiger partial charge in [0.05, 0.1) is 14.2 Å². The molecule has 0 bridgehead atoms. The minimum absolute atomic E-state index is 0.553. The second-order valence-electron chi connectivity index (χ2n) is 4.08. The standard InChI is InChI=1S/C13H18N2O4/c1-15(2)10-7-5-9(6-8-10)11(12(16)18-3)14-13(17)19-4/h5-8,11H,1-4H3,(H,14,17)/t11-/m1/s1. The summed E-state index contributed by atoms with van der Waals surface area (Å²) < 4.78 is 9.16. The predicted molar refractivity (Wildman–Crippen MR) is 71.1 cm³/mol. The summed E-state index contributed by atoms with van der Waals surface area (Å²) in [6.07, 6.45) is -0.688. The SMILES string of the molecule is COC(=O)N[C@@H](C(=O)OC)c1ccc(N(C)C)cc1. The van der Waals surface area contributed by atoms with E-state index in [0.717, 1.165) is 5.69 Å². The molecule has 6 nitrogen and oxygen atoms in total. The molecule has 19 heavy (non-hydrogen) atoms. The van der Waals surface area contributed by atoms with Crippen LogP contribution in [0.4, 0.5) is 10.5 Å². The molecule has 1 N–H and O–H groups in total. The molecule has 0 aliphatic heterocycles. The number of nitrogens with zero attached hydrogens (tertiary/aromatic N) is 1. The van der Waals surface area contributed by atoms with Gasteiger partial charge in [-0.3, -0.25) is 0 Å². The van der Waals surface area contributed by atoms with Gasteiger partial charge in [0.2, 0.25) is 0 Å². The van der Waals surface area contributed by atoms with Crippen molar-refractivity contribution < 1.29 is 19.1 Å². The minimum Gasteiger partial charge on any atom is -0.467 e. The average Bonchev–Trinajstić information content (AvgIpc) is 2.43. The first-order valence-corrected chi connectivity index (χ1v) is 5.69. The van der Waals surface area contributed by atoms with Crippen molar-refractivity contribution in [1.82, 2.24) is 5.32 Å². The summed E-state index contributed by atoms with van der Waals surface area (Å²) in [5.41, 5.74) is 1.62. The summed E-state index contributed by atoms with van der Waals surface area (Å²) in [6.45, 7) is 0. The van der Waals surface area contributed by atoms with E-state index in [1.54, 1.807) is 12.1 Å². The largest absolute Gasteiger partial charge is 0.467 e. The maximum absolute atomic E-state index is 11.7. The van der Waals surface area contributed by atoms with E-state index in [9.17, 15) is 9.59 Å². The number of carbonyl (C=O) groups is 2. The second kappa shape index (κ2) is 6.63. The van der Waals surface area contributed by atoms with Crippen molar-refractivity contribution in [3.63, 3.8) is 0 Å². The van der Waals surface area contributed by atoms with Crippen molar-refractivity contribution in [2.75, 3.05) is 33.2 Å². The molecule has 104 valence electrons. The van der Waals surface area contributed by atoms with E-state index in [1.165, 1.54) is 14.2 Å². The van der Waals surface area contributed by atoms with E-state index >= 15 is 0 Å². The number of anilines is 1. The number of hydrogen-bond acceptors (Lipinski definition) is 5. The van der Waals surface area contributed by atoms with Gasteiger partial charge >= 0.3 is 12.1 Å². The van der Waals surface area contributed by atoms with Crippen LogP contribution in [0, 0.1) is 0 Å². The lowest BCUT2D eigenvalue weighted by molar-refractivity contribution is -0.143. The van der Waals surface area contributed by atoms with Crippen LogP contribution < -0.4 is 10.2 Å². The molecule has 0 aromatic heterocycles. The first kappa shape index (κ1) is 14.8. The molecule has 0 saturated carbocycles. The molecule has 0 unspecified atom stereocenters. The Morgan fingerprint density at radius 2 is 1.68 bits per heavy atom. The van der Waals surface area contributed by atoms with Crippen LogP contribution in [0.2, 0.25) is 0 Å². The normalized spacial score (nSPS) is 11.4. The lowest BCUT2D eigenvalue weighted by Gasteiger charge is -2.18. The molecule has 1 aromatic carbocycles. The average molecular weight is 266 g/mol. The Bertz CT molecular complexity index is 442. The molecule has 1 atom stereocenters. The summed E-state index contributed by atoms with van der Waals surface area (Å²) >= 11 is 0. The van der Waals surface area contributed by atoms with Gasteiger partial charge in [0.15, 0.2) is 6.04 Å². The Kier molecular flexibility index (Phi) is 5.17. The lowest BCUT2D eigenvalue weighted by Crippen LogP contribution is -2.34. The molecule has 0 spiro atoms. The third kappa shape index (κ3) is 3.87. The first-order valence-electron chi connectivity index (χ1n) is 5.69. The van der Waals surface area contributed by atoms with Crippen LogP contribution in [0.25, 0.3) is 0 Å². The highest BCUT2D eigenvalue weighted by molar-refractivity contribution is 5.82. The van der Waals surface area contributed by atoms with Gasteiger partial charge in [-0.25, -0.2) is 9.59 Å². The number of nitrogens with one attached hydrogen (secondary N) is 1. The van der Waals surface area contributed by atoms with Crippen LogP contribution in [0.1, 0.15) is 11.6 Å². The number of carbonyl (C=O) groups excluding carboxylic acids is 2. The molecule has 6 heteroatoms. The van der Waals surface area contributed by atoms with E-state index in [-0.39, 0.29) is 0 Å². The predicted octanol–water partition coefficient (Wildman–Crippen LogP) is 1.32. The van der Waals surface area contributed by atoms with Gasteiger partial charge in [-0.05, 0) is 17.7 Å². The fourth-order valence-corrected chi connectivity index (χ4v) is 1.54. The molecule has 0 saturated heterocycles. The topological polar surface area (TPSA) is 67.9 Å². The highest BCUT2D eigenvalue weighted by Gasteiger charge is 2.23. The quantitative estimate of drug-likeness (QED) is 0.832. The maximum Gasteiger partial charge on any atom is 0.407 e. The molecule has 0 aliphatic rings. The Balaban J connectivity index is 2.97. The number of methoxy groups -OCH3 is 2. The summed E-state index contributed by atoms with van der Waals surface area (Å²) in [4.78, 5) is 24.9. The summed E-state index contributed by atoms with van der Waals surface area (Å²) in [7, 11) is 6.33. The van der Waals surface area contributed by atoms with Crippen molar-refractivity contribution in [2.45, 2.75) is 6.04 Å². The van der Waals surface area contributed by atoms with Gasteiger partial charge in [0.1, 0.15) is 0 Å². The van der Waals surface area contributed by atoms with Gasteiger partial charge < -0.3 is 19.7 Å². The van der Waals surface area contributed by atoms with Crippen LogP contribution in [-0.2, 0) is 14.3 Å². The van der Waals surface area contributed by atoms with E-state index in [0.29, 0.717) is 5.56 Å². The van der Waals surface area contributed by atoms with Gasteiger partial charge in [0, 0.05) is 19.8 Å². The lowest BCUT2D eigenvalue weighted by atomic mass is 10.1. The molecule has 1 aromatic rings. The van der Waals surface area contributed by atoms with Crippen molar-refractivity contribution in [2.24, 2.45) is 0 Å². The molecule has 0 aliphatic carbocycles. The molecule has 0 fully saturated rings. The molecule has 1 rings (SSSR count). The number of esters is 1. The van der Waals surface area contributed by atoms with E-state index in [2.05, 4.69) is 14.8 Å². The Hall–Kier alpha value is -2.24. The highest BCUT2D eigenvalue weighted by Crippen LogP contribution is 2.19. The van der Waals surface area contributed by atoms with Crippen molar-refractivity contribution in [3.05, 3.63) is 29.8 Å². The number of hydrogen-bond donors (Lipinski definition) is 1. The molecule has 0 heterocycles. The van der Waals surface area contributed by atoms with Gasteiger partial charge in [-0.15, -0.1) is 0 Å². The smallest absolute Gasteiger partial charge is 0.407 e. The van der Waals surface area contributed by atoms with E-state index < -0.39 is 18.1 Å². The molecule has 1 amide bonds. The molecular formula is C13H18N2O4. The monoisotopic (exact) mass is 266 g/mol. The zero-order valence-corrected chi connectivity index (χ0v) is 11.5. The zero-order chi connectivity index (χ0) is 14.4. The van der Waals surface area contributed by atoms with Crippen LogP contribution in [-0.4, -0.2) is 40.4 Å². The van der Waals surface area contributed by atoms with Gasteiger partial charge in [-0.1, -0.05) is 12.1 Å². The van der Waals surface area contributed by atoms with Crippen molar-refractivity contribution in [3.8, 4) is 0 Å². The molecule has 0 radical (unpaired) electrons. The van der Waals surface area contributed by atoms with E-state index in [1.807, 2.05) is 31.1 Å². The number of rotatable bonds is 4. The minimum atomic E-state index is -0.881. The fraction of sp³-hybridized carbons (Fsp3) is 0.385.